The number of hydrogen-bond donors (Lipinski definition) is 0. The van der Waals surface area contributed by atoms with Crippen LogP contribution in [0, 0.1) is 12.8 Å². The van der Waals surface area contributed by atoms with Crippen LogP contribution in [0.4, 0.5) is 0 Å². The van der Waals surface area contributed by atoms with Gasteiger partial charge < -0.3 is 4.74 Å². The molecule has 1 saturated carbocycles. The van der Waals surface area contributed by atoms with Crippen LogP contribution in [0.25, 0.3) is 6.08 Å². The van der Waals surface area contributed by atoms with Gasteiger partial charge in [-0.05, 0) is 84.9 Å². The predicted octanol–water partition coefficient (Wildman–Crippen LogP) is 7.50. The summed E-state index contributed by atoms with van der Waals surface area (Å²) in [5.41, 5.74) is 5.23. The molecule has 3 aromatic rings. The van der Waals surface area contributed by atoms with E-state index in [9.17, 15) is 4.79 Å². The van der Waals surface area contributed by atoms with Gasteiger partial charge in [0.2, 0.25) is 0 Å². The summed E-state index contributed by atoms with van der Waals surface area (Å²) < 4.78 is 5.89. The average Bonchev–Trinajstić information content (AvgIpc) is 3.26. The molecule has 2 aliphatic rings. The highest BCUT2D eigenvalue weighted by atomic mass is 35.5. The van der Waals surface area contributed by atoms with Crippen molar-refractivity contribution in [3.63, 3.8) is 0 Å². The number of hydrogen-bond acceptors (Lipinski definition) is 3. The fraction of sp³-hybridized carbons (Fsp3) is 0.241. The lowest BCUT2D eigenvalue weighted by Gasteiger charge is -2.29. The summed E-state index contributed by atoms with van der Waals surface area (Å²) in [4.78, 5) is 13.5. The Bertz CT molecular complexity index is 1280. The van der Waals surface area contributed by atoms with Crippen molar-refractivity contribution in [2.75, 3.05) is 6.61 Å². The first-order chi connectivity index (χ1) is 17.0. The third-order valence-electron chi connectivity index (χ3n) is 6.62. The number of ether oxygens (including phenoxy) is 1. The summed E-state index contributed by atoms with van der Waals surface area (Å²) in [6.07, 6.45) is 5.09. The molecular weight excluding hydrogens is 479 g/mol. The molecule has 35 heavy (non-hydrogen) atoms. The number of hydrazone groups is 1. The van der Waals surface area contributed by atoms with Crippen LogP contribution < -0.4 is 4.74 Å². The zero-order valence-corrected chi connectivity index (χ0v) is 21.0. The second kappa shape index (κ2) is 10.3. The number of halogens is 2. The molecule has 0 N–H and O–H groups in total. The SMILES string of the molecule is Cc1ccccc1OCC(=O)N1N=C2/C(=C\c3ccc(Cl)cc3)CCC[C@@H]2[C@H]1c1ccc(Cl)cc1. The molecule has 1 fully saturated rings. The second-order valence-electron chi connectivity index (χ2n) is 8.99. The van der Waals surface area contributed by atoms with Gasteiger partial charge in [0, 0.05) is 16.0 Å². The molecule has 3 aromatic carbocycles. The molecule has 1 aliphatic carbocycles. The van der Waals surface area contributed by atoms with Crippen LogP contribution in [-0.4, -0.2) is 23.2 Å². The summed E-state index contributed by atoms with van der Waals surface area (Å²) in [5.74, 6) is 0.656. The minimum atomic E-state index is -0.191. The van der Waals surface area contributed by atoms with Crippen LogP contribution in [0.15, 0.2) is 83.5 Å². The Kier molecular flexibility index (Phi) is 6.94. The van der Waals surface area contributed by atoms with Crippen LogP contribution in [-0.2, 0) is 4.79 Å². The summed E-state index contributed by atoms with van der Waals surface area (Å²) in [5, 5.41) is 7.92. The number of nitrogens with zero attached hydrogens (tertiary/aromatic N) is 2. The van der Waals surface area contributed by atoms with Gasteiger partial charge in [0.05, 0.1) is 11.8 Å². The zero-order chi connectivity index (χ0) is 24.4. The van der Waals surface area contributed by atoms with Crippen LogP contribution in [0.3, 0.4) is 0 Å². The largest absolute Gasteiger partial charge is 0.483 e. The number of para-hydroxylation sites is 1. The zero-order valence-electron chi connectivity index (χ0n) is 19.5. The fourth-order valence-corrected chi connectivity index (χ4v) is 5.14. The highest BCUT2D eigenvalue weighted by molar-refractivity contribution is 6.30. The lowest BCUT2D eigenvalue weighted by molar-refractivity contribution is -0.135. The standard InChI is InChI=1S/C29H26Cl2N2O2/c1-19-5-2-3-8-26(19)35-18-27(34)33-29(21-11-15-24(31)16-12-21)25-7-4-6-22(28(25)32-33)17-20-9-13-23(30)14-10-20/h2-3,5,8-17,25,29H,4,6-7,18H2,1H3/b22-17-/t25-,29+/m0/s1. The number of fused-ring (bicyclic) bond motifs is 1. The van der Waals surface area contributed by atoms with Gasteiger partial charge in [-0.3, -0.25) is 4.79 Å². The minimum absolute atomic E-state index is 0.0747. The van der Waals surface area contributed by atoms with E-state index in [-0.39, 0.29) is 24.5 Å². The second-order valence-corrected chi connectivity index (χ2v) is 9.87. The van der Waals surface area contributed by atoms with E-state index in [4.69, 9.17) is 33.0 Å². The van der Waals surface area contributed by atoms with Crippen LogP contribution in [0.1, 0.15) is 42.0 Å². The molecule has 1 heterocycles. The van der Waals surface area contributed by atoms with Crippen molar-refractivity contribution in [2.24, 2.45) is 11.0 Å². The van der Waals surface area contributed by atoms with Crippen molar-refractivity contribution < 1.29 is 9.53 Å². The van der Waals surface area contributed by atoms with Crippen molar-refractivity contribution >= 4 is 40.9 Å². The van der Waals surface area contributed by atoms with Crippen molar-refractivity contribution in [3.05, 3.63) is 105 Å². The molecule has 178 valence electrons. The number of carbonyl (C=O) groups is 1. The molecule has 5 rings (SSSR count). The number of benzene rings is 3. The Labute approximate surface area is 215 Å². The van der Waals surface area contributed by atoms with Gasteiger partial charge in [0.1, 0.15) is 5.75 Å². The number of carbonyl (C=O) groups excluding carboxylic acids is 1. The lowest BCUT2D eigenvalue weighted by Crippen LogP contribution is -2.34. The molecule has 1 aliphatic heterocycles. The van der Waals surface area contributed by atoms with E-state index in [1.165, 1.54) is 0 Å². The van der Waals surface area contributed by atoms with Gasteiger partial charge in [-0.15, -0.1) is 0 Å². The Hall–Kier alpha value is -3.08. The van der Waals surface area contributed by atoms with Crippen LogP contribution >= 0.6 is 23.2 Å². The molecule has 0 saturated heterocycles. The monoisotopic (exact) mass is 504 g/mol. The molecule has 0 aromatic heterocycles. The Morgan fingerprint density at radius 2 is 1.71 bits per heavy atom. The van der Waals surface area contributed by atoms with E-state index >= 15 is 0 Å². The molecule has 4 nitrogen and oxygen atoms in total. The first-order valence-electron chi connectivity index (χ1n) is 11.8. The Morgan fingerprint density at radius 1 is 1.03 bits per heavy atom. The van der Waals surface area contributed by atoms with Crippen molar-refractivity contribution in [1.29, 1.82) is 0 Å². The van der Waals surface area contributed by atoms with Crippen molar-refractivity contribution in [2.45, 2.75) is 32.2 Å². The first kappa shape index (κ1) is 23.7. The van der Waals surface area contributed by atoms with Gasteiger partial charge in [0.15, 0.2) is 6.61 Å². The normalized spacial score (nSPS) is 20.5. The third-order valence-corrected chi connectivity index (χ3v) is 7.13. The van der Waals surface area contributed by atoms with Crippen molar-refractivity contribution in [3.8, 4) is 5.75 Å². The maximum atomic E-state index is 13.5. The Morgan fingerprint density at radius 3 is 2.43 bits per heavy atom. The van der Waals surface area contributed by atoms with E-state index in [0.29, 0.717) is 15.8 Å². The number of rotatable bonds is 5. The maximum absolute atomic E-state index is 13.5. The van der Waals surface area contributed by atoms with Gasteiger partial charge in [-0.1, -0.05) is 65.7 Å². The van der Waals surface area contributed by atoms with Gasteiger partial charge in [0.25, 0.3) is 5.91 Å². The molecule has 6 heteroatoms. The molecule has 0 radical (unpaired) electrons. The van der Waals surface area contributed by atoms with E-state index in [1.54, 1.807) is 5.01 Å². The topological polar surface area (TPSA) is 41.9 Å². The molecule has 0 spiro atoms. The van der Waals surface area contributed by atoms with Gasteiger partial charge >= 0.3 is 0 Å². The Balaban J connectivity index is 1.47. The lowest BCUT2D eigenvalue weighted by atomic mass is 9.77. The van der Waals surface area contributed by atoms with E-state index in [1.807, 2.05) is 79.7 Å². The molecular formula is C29H26Cl2N2O2. The van der Waals surface area contributed by atoms with Gasteiger partial charge in [-0.2, -0.15) is 5.10 Å². The quantitative estimate of drug-likeness (QED) is 0.360. The first-order valence-corrected chi connectivity index (χ1v) is 12.6. The number of amides is 1. The van der Waals surface area contributed by atoms with E-state index in [0.717, 1.165) is 47.2 Å². The summed E-state index contributed by atoms with van der Waals surface area (Å²) >= 11 is 12.2. The van der Waals surface area contributed by atoms with Crippen LogP contribution in [0.5, 0.6) is 5.75 Å². The molecule has 0 unspecified atom stereocenters. The minimum Gasteiger partial charge on any atom is -0.483 e. The van der Waals surface area contributed by atoms with E-state index < -0.39 is 0 Å². The molecule has 0 bridgehead atoms. The highest BCUT2D eigenvalue weighted by Crippen LogP contribution is 2.44. The van der Waals surface area contributed by atoms with E-state index in [2.05, 4.69) is 6.08 Å². The third kappa shape index (κ3) is 5.14. The van der Waals surface area contributed by atoms with Gasteiger partial charge in [-0.25, -0.2) is 5.01 Å². The highest BCUT2D eigenvalue weighted by Gasteiger charge is 2.43. The smallest absolute Gasteiger partial charge is 0.281 e. The predicted molar refractivity (Wildman–Crippen MR) is 142 cm³/mol. The fourth-order valence-electron chi connectivity index (χ4n) is 4.88. The summed E-state index contributed by atoms with van der Waals surface area (Å²) in [7, 11) is 0. The van der Waals surface area contributed by atoms with Crippen LogP contribution in [0.2, 0.25) is 10.0 Å². The molecule has 1 amide bonds. The summed E-state index contributed by atoms with van der Waals surface area (Å²) in [6.45, 7) is 1.89. The maximum Gasteiger partial charge on any atom is 0.281 e. The molecule has 2 atom stereocenters. The number of aryl methyl sites for hydroxylation is 1. The average molecular weight is 505 g/mol. The number of allylic oxidation sites excluding steroid dienone is 1. The van der Waals surface area contributed by atoms with Crippen molar-refractivity contribution in [1.82, 2.24) is 5.01 Å². The summed E-state index contributed by atoms with van der Waals surface area (Å²) in [6, 6.07) is 23.0.